The lowest BCUT2D eigenvalue weighted by Crippen LogP contribution is -2.42. The van der Waals surface area contributed by atoms with Gasteiger partial charge in [-0.2, -0.15) is 0 Å². The van der Waals surface area contributed by atoms with Crippen LogP contribution in [0.15, 0.2) is 93.2 Å². The van der Waals surface area contributed by atoms with Crippen molar-refractivity contribution < 1.29 is 28.6 Å². The molecule has 7 aliphatic rings. The summed E-state index contributed by atoms with van der Waals surface area (Å²) in [6.45, 7) is 21.7. The lowest BCUT2D eigenvalue weighted by atomic mass is 9.76. The Morgan fingerprint density at radius 3 is 1.63 bits per heavy atom. The molecule has 0 saturated heterocycles. The van der Waals surface area contributed by atoms with Crippen LogP contribution in [0.2, 0.25) is 0 Å². The molecule has 0 aliphatic carbocycles. The summed E-state index contributed by atoms with van der Waals surface area (Å²) in [5.41, 5.74) is 17.3. The number of nitrogens with one attached hydrogen (secondary N) is 1. The van der Waals surface area contributed by atoms with Crippen LogP contribution in [0.3, 0.4) is 0 Å². The third kappa shape index (κ3) is 7.73. The van der Waals surface area contributed by atoms with E-state index in [1.165, 1.54) is 22.3 Å². The second-order valence-corrected chi connectivity index (χ2v) is 24.3. The number of cyclic esters (lactones) is 3. The first-order valence-electron chi connectivity index (χ1n) is 28.7. The highest BCUT2D eigenvalue weighted by molar-refractivity contribution is 5.91. The Morgan fingerprint density at radius 2 is 1.04 bits per heavy atom. The van der Waals surface area contributed by atoms with Crippen LogP contribution in [0, 0.1) is 33.6 Å². The molecule has 15 nitrogen and oxygen atoms in total. The quantitative estimate of drug-likeness (QED) is 0.131. The number of nitrogens with zero attached hydrogens (tertiary/aromatic N) is 5. The van der Waals surface area contributed by atoms with Crippen LogP contribution in [0.5, 0.6) is 0 Å². The molecule has 0 fully saturated rings. The molecular weight excluding hydrogens is 1030 g/mol. The van der Waals surface area contributed by atoms with Gasteiger partial charge in [-0.3, -0.25) is 28.8 Å². The van der Waals surface area contributed by atoms with Gasteiger partial charge in [-0.15, -0.1) is 0 Å². The van der Waals surface area contributed by atoms with Crippen LogP contribution in [-0.2, 0) is 90.7 Å². The minimum absolute atomic E-state index is 0.00566. The maximum absolute atomic E-state index is 13.3. The standard InChI is InChI=1S/C23H22N2O3.C22H24N2O3.C22H20N2O3/c1-5-23(4)17-9-19-20-15(10-25(19)21(26)16(17)11-28-22(23)27)13(3)14-8-12(2)6-7-18(14)24-20;2*1-4-22(3)16-9-18-19-14(8-13-7-12(2)5-6-17(13)23-19)10-24(18)20(25)15(16)11-27-21(22)26/h6-9H,5,10-11H2,1-4H3;5-7,9,14,19,23H,4,8,10-11H2,1-3H3;5-9H,4,10-11H2,1-3H3. The Morgan fingerprint density at radius 1 is 0.537 bits per heavy atom. The summed E-state index contributed by atoms with van der Waals surface area (Å²) in [5, 5.41) is 5.86. The summed E-state index contributed by atoms with van der Waals surface area (Å²) in [6, 6.07) is 27.2. The third-order valence-electron chi connectivity index (χ3n) is 19.5. The van der Waals surface area contributed by atoms with Crippen molar-refractivity contribution in [1.29, 1.82) is 0 Å². The van der Waals surface area contributed by atoms with E-state index in [9.17, 15) is 28.8 Å². The summed E-state index contributed by atoms with van der Waals surface area (Å²) < 4.78 is 21.5. The highest BCUT2D eigenvalue weighted by atomic mass is 16.5. The molecule has 5 aromatic heterocycles. The Kier molecular flexibility index (Phi) is 12.1. The number of aryl methyl sites for hydroxylation is 4. The zero-order chi connectivity index (χ0) is 57.6. The maximum atomic E-state index is 13.3. The minimum atomic E-state index is -0.798. The normalized spacial score (nSPS) is 22.6. The second kappa shape index (κ2) is 18.8. The third-order valence-corrected chi connectivity index (χ3v) is 19.5. The molecular formula is C67H66N6O9. The summed E-state index contributed by atoms with van der Waals surface area (Å²) in [5.74, 6) is -0.403. The van der Waals surface area contributed by atoms with Crippen molar-refractivity contribution >= 4 is 45.4 Å². The number of anilines is 1. The topological polar surface area (TPSA) is 183 Å². The smallest absolute Gasteiger partial charge is 0.316 e. The molecule has 12 heterocycles. The number of hydrogen-bond acceptors (Lipinski definition) is 12. The van der Waals surface area contributed by atoms with E-state index in [-0.39, 0.29) is 60.4 Å². The fourth-order valence-corrected chi connectivity index (χ4v) is 13.8. The van der Waals surface area contributed by atoms with Crippen LogP contribution in [-0.4, -0.2) is 41.6 Å². The molecule has 0 radical (unpaired) electrons. The van der Waals surface area contributed by atoms with E-state index in [2.05, 4.69) is 81.5 Å². The summed E-state index contributed by atoms with van der Waals surface area (Å²) in [7, 11) is 0. The Labute approximate surface area is 474 Å². The van der Waals surface area contributed by atoms with E-state index >= 15 is 0 Å². The van der Waals surface area contributed by atoms with Gasteiger partial charge in [0.25, 0.3) is 16.7 Å². The number of esters is 3. The predicted octanol–water partition coefficient (Wildman–Crippen LogP) is 10.4. The highest BCUT2D eigenvalue weighted by Gasteiger charge is 2.47. The van der Waals surface area contributed by atoms with Crippen LogP contribution < -0.4 is 22.0 Å². The van der Waals surface area contributed by atoms with Gasteiger partial charge in [0.2, 0.25) is 0 Å². The van der Waals surface area contributed by atoms with Gasteiger partial charge in [-0.05, 0) is 157 Å². The van der Waals surface area contributed by atoms with Gasteiger partial charge in [-0.1, -0.05) is 61.7 Å². The first-order chi connectivity index (χ1) is 39.2. The number of fused-ring (bicyclic) bond motifs is 15. The van der Waals surface area contributed by atoms with Gasteiger partial charge in [0.15, 0.2) is 0 Å². The molecule has 0 saturated carbocycles. The molecule has 7 aliphatic heterocycles. The molecule has 0 spiro atoms. The van der Waals surface area contributed by atoms with Gasteiger partial charge in [0, 0.05) is 45.7 Å². The lowest BCUT2D eigenvalue weighted by molar-refractivity contribution is -0.154. The van der Waals surface area contributed by atoms with Crippen molar-refractivity contribution in [1.82, 2.24) is 23.7 Å². The number of carbonyl (C=O) groups excluding carboxylic acids is 3. The molecule has 0 bridgehead atoms. The molecule has 5 atom stereocenters. The van der Waals surface area contributed by atoms with Gasteiger partial charge < -0.3 is 33.2 Å². The van der Waals surface area contributed by atoms with Crippen molar-refractivity contribution in [3.05, 3.63) is 188 Å². The molecule has 82 heavy (non-hydrogen) atoms. The SMILES string of the molecule is CCC1(C)C(=O)OCc2c1cc1n(c2=O)CC2Cc3cc(C)ccc3NC12.CCC1(C)C(=O)OCc2c1cc1n(c2=O)Cc2c-1nc1ccc(C)cc1c2C.CCC1(C)C(=O)OCc2c1cc1n(c2=O)Cc2cc3cc(C)ccc3nc2-1. The molecule has 15 rings (SSSR count). The maximum Gasteiger partial charge on any atom is 0.316 e. The number of ether oxygens (including phenoxy) is 3. The molecule has 1 N–H and O–H groups in total. The van der Waals surface area contributed by atoms with E-state index in [4.69, 9.17) is 24.2 Å². The fourth-order valence-electron chi connectivity index (χ4n) is 13.8. The lowest BCUT2D eigenvalue weighted by Gasteiger charge is -2.34. The molecule has 15 heteroatoms. The average Bonchev–Trinajstić information content (AvgIpc) is 2.34. The van der Waals surface area contributed by atoms with Gasteiger partial charge >= 0.3 is 17.9 Å². The first kappa shape index (κ1) is 52.9. The molecule has 5 unspecified atom stereocenters. The van der Waals surface area contributed by atoms with Crippen molar-refractivity contribution in [2.24, 2.45) is 5.92 Å². The van der Waals surface area contributed by atoms with Crippen LogP contribution in [0.4, 0.5) is 5.69 Å². The van der Waals surface area contributed by atoms with Gasteiger partial charge in [0.1, 0.15) is 19.8 Å². The number of rotatable bonds is 3. The Hall–Kier alpha value is -8.46. The molecule has 0 amide bonds. The molecule has 8 aromatic rings. The zero-order valence-electron chi connectivity index (χ0n) is 48.1. The van der Waals surface area contributed by atoms with E-state index in [0.29, 0.717) is 61.5 Å². The number of pyridine rings is 5. The largest absolute Gasteiger partial charge is 0.460 e. The number of hydrogen-bond donors (Lipinski definition) is 1. The van der Waals surface area contributed by atoms with E-state index in [0.717, 1.165) is 95.8 Å². The number of aromatic nitrogens is 5. The average molecular weight is 1100 g/mol. The predicted molar refractivity (Wildman–Crippen MR) is 313 cm³/mol. The highest BCUT2D eigenvalue weighted by Crippen LogP contribution is 2.46. The van der Waals surface area contributed by atoms with Gasteiger partial charge in [0.05, 0.1) is 85.9 Å². The zero-order valence-corrected chi connectivity index (χ0v) is 48.1. The van der Waals surface area contributed by atoms with Crippen molar-refractivity contribution in [3.63, 3.8) is 0 Å². The Bertz CT molecular complexity index is 4380. The summed E-state index contributed by atoms with van der Waals surface area (Å²) in [6.07, 6.45) is 2.74. The monoisotopic (exact) mass is 1100 g/mol. The number of benzene rings is 3. The van der Waals surface area contributed by atoms with Crippen molar-refractivity contribution in [2.75, 3.05) is 5.32 Å². The molecule has 418 valence electrons. The summed E-state index contributed by atoms with van der Waals surface area (Å²) in [4.78, 5) is 86.8. The molecule has 3 aromatic carbocycles. The van der Waals surface area contributed by atoms with Gasteiger partial charge in [-0.25, -0.2) is 9.97 Å². The van der Waals surface area contributed by atoms with E-state index < -0.39 is 16.2 Å². The van der Waals surface area contributed by atoms with Crippen LogP contribution in [0.25, 0.3) is 44.6 Å². The van der Waals surface area contributed by atoms with E-state index in [1.54, 1.807) is 9.13 Å². The second-order valence-electron chi connectivity index (χ2n) is 24.3. The van der Waals surface area contributed by atoms with E-state index in [1.807, 2.05) is 76.4 Å². The van der Waals surface area contributed by atoms with Crippen LogP contribution >= 0.6 is 0 Å². The van der Waals surface area contributed by atoms with Crippen molar-refractivity contribution in [2.45, 2.75) is 157 Å². The van der Waals surface area contributed by atoms with Crippen LogP contribution in [0.1, 0.15) is 145 Å². The first-order valence-corrected chi connectivity index (χ1v) is 28.7. The summed E-state index contributed by atoms with van der Waals surface area (Å²) >= 11 is 0. The fraction of sp³-hybridized carbons (Fsp3) is 0.373. The number of carbonyl (C=O) groups is 3. The Balaban J connectivity index is 0.000000115. The van der Waals surface area contributed by atoms with Crippen molar-refractivity contribution in [3.8, 4) is 22.8 Å². The minimum Gasteiger partial charge on any atom is -0.460 e.